The van der Waals surface area contributed by atoms with Gasteiger partial charge in [-0.3, -0.25) is 4.79 Å². The first kappa shape index (κ1) is 14.8. The van der Waals surface area contributed by atoms with Crippen LogP contribution in [0.3, 0.4) is 0 Å². The van der Waals surface area contributed by atoms with Crippen molar-refractivity contribution in [2.75, 3.05) is 0 Å². The van der Waals surface area contributed by atoms with Gasteiger partial charge in [0, 0.05) is 10.6 Å². The molecular weight excluding hydrogens is 314 g/mol. The summed E-state index contributed by atoms with van der Waals surface area (Å²) in [6.07, 6.45) is 0.901. The van der Waals surface area contributed by atoms with E-state index in [-0.39, 0.29) is 5.56 Å². The Bertz CT molecular complexity index is 921. The Labute approximate surface area is 135 Å². The fourth-order valence-electron chi connectivity index (χ4n) is 2.11. The van der Waals surface area contributed by atoms with E-state index in [2.05, 4.69) is 23.0 Å². The minimum absolute atomic E-state index is 0.1000. The molecule has 0 saturated carbocycles. The number of nitriles is 1. The minimum Gasteiger partial charge on any atom is -0.301 e. The topological polar surface area (TPSA) is 69.5 Å². The second kappa shape index (κ2) is 6.34. The highest BCUT2D eigenvalue weighted by Crippen LogP contribution is 2.25. The molecule has 0 atom stereocenters. The molecule has 0 aliphatic rings. The molecule has 22 heavy (non-hydrogen) atoms. The van der Waals surface area contributed by atoms with E-state index in [9.17, 15) is 4.79 Å². The van der Waals surface area contributed by atoms with Crippen LogP contribution in [0.1, 0.15) is 22.9 Å². The molecule has 110 valence electrons. The summed E-state index contributed by atoms with van der Waals surface area (Å²) in [6, 6.07) is 11.6. The number of aromatic nitrogens is 2. The van der Waals surface area contributed by atoms with Gasteiger partial charge in [-0.1, -0.05) is 36.9 Å². The van der Waals surface area contributed by atoms with Crippen molar-refractivity contribution in [3.05, 3.63) is 56.7 Å². The van der Waals surface area contributed by atoms with Crippen LogP contribution in [0.4, 0.5) is 0 Å². The van der Waals surface area contributed by atoms with Crippen LogP contribution in [0.25, 0.3) is 10.2 Å². The second-order valence-corrected chi connectivity index (χ2v) is 6.79. The average Bonchev–Trinajstić information content (AvgIpc) is 2.97. The SMILES string of the molecule is CCc1cc2c(=O)[nH]c(SCc3ccccc3C#N)nc2s1. The number of hydrogen-bond donors (Lipinski definition) is 1. The molecule has 6 heteroatoms. The van der Waals surface area contributed by atoms with E-state index in [4.69, 9.17) is 5.26 Å². The molecule has 0 spiro atoms. The molecule has 0 unspecified atom stereocenters. The van der Waals surface area contributed by atoms with Crippen LogP contribution in [0.5, 0.6) is 0 Å². The van der Waals surface area contributed by atoms with E-state index in [1.54, 1.807) is 17.4 Å². The molecule has 3 aromatic rings. The summed E-state index contributed by atoms with van der Waals surface area (Å²) in [6.45, 7) is 2.06. The third-order valence-electron chi connectivity index (χ3n) is 3.28. The van der Waals surface area contributed by atoms with Gasteiger partial charge in [0.25, 0.3) is 5.56 Å². The van der Waals surface area contributed by atoms with E-state index < -0.39 is 0 Å². The van der Waals surface area contributed by atoms with Gasteiger partial charge >= 0.3 is 0 Å². The van der Waals surface area contributed by atoms with Gasteiger partial charge < -0.3 is 4.98 Å². The van der Waals surface area contributed by atoms with Crippen LogP contribution < -0.4 is 5.56 Å². The molecule has 0 radical (unpaired) electrons. The monoisotopic (exact) mass is 327 g/mol. The van der Waals surface area contributed by atoms with E-state index in [1.165, 1.54) is 11.8 Å². The van der Waals surface area contributed by atoms with Gasteiger partial charge in [-0.05, 0) is 24.1 Å². The normalized spacial score (nSPS) is 10.7. The molecule has 0 saturated heterocycles. The van der Waals surface area contributed by atoms with Crippen molar-refractivity contribution >= 4 is 33.3 Å². The summed E-state index contributed by atoms with van der Waals surface area (Å²) in [4.78, 5) is 21.4. The highest BCUT2D eigenvalue weighted by Gasteiger charge is 2.09. The molecule has 0 aliphatic carbocycles. The zero-order valence-electron chi connectivity index (χ0n) is 11.9. The maximum atomic E-state index is 12.1. The summed E-state index contributed by atoms with van der Waals surface area (Å²) < 4.78 is 0. The summed E-state index contributed by atoms with van der Waals surface area (Å²) in [5, 5.41) is 10.3. The predicted octanol–water partition coefficient (Wildman–Crippen LogP) is 3.71. The Balaban J connectivity index is 1.88. The molecule has 0 amide bonds. The molecule has 1 aromatic carbocycles. The van der Waals surface area contributed by atoms with Crippen LogP contribution in [-0.4, -0.2) is 9.97 Å². The third kappa shape index (κ3) is 2.91. The number of nitrogens with zero attached hydrogens (tertiary/aromatic N) is 2. The van der Waals surface area contributed by atoms with Crippen molar-refractivity contribution in [1.82, 2.24) is 9.97 Å². The van der Waals surface area contributed by atoms with Gasteiger partial charge in [0.1, 0.15) is 4.83 Å². The fraction of sp³-hybridized carbons (Fsp3) is 0.188. The second-order valence-electron chi connectivity index (χ2n) is 4.71. The third-order valence-corrected chi connectivity index (χ3v) is 5.38. The number of thioether (sulfide) groups is 1. The highest BCUT2D eigenvalue weighted by molar-refractivity contribution is 7.98. The van der Waals surface area contributed by atoms with Crippen LogP contribution in [0.2, 0.25) is 0 Å². The lowest BCUT2D eigenvalue weighted by Crippen LogP contribution is -2.07. The van der Waals surface area contributed by atoms with Gasteiger partial charge in [-0.15, -0.1) is 11.3 Å². The van der Waals surface area contributed by atoms with E-state index in [1.807, 2.05) is 24.3 Å². The molecule has 3 rings (SSSR count). The quantitative estimate of drug-likeness (QED) is 0.586. The number of fused-ring (bicyclic) bond motifs is 1. The lowest BCUT2D eigenvalue weighted by atomic mass is 10.1. The van der Waals surface area contributed by atoms with Crippen molar-refractivity contribution in [2.24, 2.45) is 0 Å². The number of benzene rings is 1. The molecule has 2 heterocycles. The van der Waals surface area contributed by atoms with Crippen molar-refractivity contribution in [1.29, 1.82) is 5.26 Å². The van der Waals surface area contributed by atoms with Crippen LogP contribution in [0.15, 0.2) is 40.3 Å². The first-order valence-corrected chi connectivity index (χ1v) is 8.65. The van der Waals surface area contributed by atoms with Crippen LogP contribution in [-0.2, 0) is 12.2 Å². The standard InChI is InChI=1S/C16H13N3OS2/c1-2-12-7-13-14(20)18-16(19-15(13)22-12)21-9-11-6-4-3-5-10(11)8-17/h3-7H,2,9H2,1H3,(H,18,19,20). The molecular formula is C16H13N3OS2. The molecule has 0 aliphatic heterocycles. The predicted molar refractivity (Wildman–Crippen MR) is 90.3 cm³/mol. The number of H-pyrrole nitrogens is 1. The Morgan fingerprint density at radius 3 is 3.00 bits per heavy atom. The van der Waals surface area contributed by atoms with E-state index in [0.29, 0.717) is 21.9 Å². The zero-order valence-corrected chi connectivity index (χ0v) is 13.6. The smallest absolute Gasteiger partial charge is 0.260 e. The first-order valence-electron chi connectivity index (χ1n) is 6.84. The number of rotatable bonds is 4. The minimum atomic E-state index is -0.1000. The Kier molecular flexibility index (Phi) is 4.27. The van der Waals surface area contributed by atoms with Crippen molar-refractivity contribution in [2.45, 2.75) is 24.3 Å². The van der Waals surface area contributed by atoms with Gasteiger partial charge in [0.15, 0.2) is 5.16 Å². The highest BCUT2D eigenvalue weighted by atomic mass is 32.2. The number of thiophene rings is 1. The number of nitrogens with one attached hydrogen (secondary N) is 1. The maximum Gasteiger partial charge on any atom is 0.260 e. The summed E-state index contributed by atoms with van der Waals surface area (Å²) >= 11 is 3.00. The van der Waals surface area contributed by atoms with Crippen LogP contribution in [0, 0.1) is 11.3 Å². The molecule has 4 nitrogen and oxygen atoms in total. The maximum absolute atomic E-state index is 12.1. The van der Waals surface area contributed by atoms with E-state index in [0.717, 1.165) is 21.7 Å². The van der Waals surface area contributed by atoms with Gasteiger partial charge in [0.05, 0.1) is 17.0 Å². The summed E-state index contributed by atoms with van der Waals surface area (Å²) in [5.41, 5.74) is 1.50. The van der Waals surface area contributed by atoms with Gasteiger partial charge in [0.2, 0.25) is 0 Å². The number of aromatic amines is 1. The summed E-state index contributed by atoms with van der Waals surface area (Å²) in [7, 11) is 0. The summed E-state index contributed by atoms with van der Waals surface area (Å²) in [5.74, 6) is 0.601. The Morgan fingerprint density at radius 2 is 2.23 bits per heavy atom. The molecule has 0 bridgehead atoms. The fourth-order valence-corrected chi connectivity index (χ4v) is 4.00. The Morgan fingerprint density at radius 1 is 1.41 bits per heavy atom. The zero-order chi connectivity index (χ0) is 15.5. The first-order chi connectivity index (χ1) is 10.7. The molecule has 2 aromatic heterocycles. The van der Waals surface area contributed by atoms with Gasteiger partial charge in [-0.25, -0.2) is 4.98 Å². The average molecular weight is 327 g/mol. The molecule has 0 fully saturated rings. The lowest BCUT2D eigenvalue weighted by molar-refractivity contribution is 0.979. The number of hydrogen-bond acceptors (Lipinski definition) is 5. The Hall–Kier alpha value is -2.10. The number of aryl methyl sites for hydroxylation is 1. The van der Waals surface area contributed by atoms with Crippen molar-refractivity contribution in [3.8, 4) is 6.07 Å². The van der Waals surface area contributed by atoms with Crippen LogP contribution >= 0.6 is 23.1 Å². The van der Waals surface area contributed by atoms with Gasteiger partial charge in [-0.2, -0.15) is 5.26 Å². The largest absolute Gasteiger partial charge is 0.301 e. The van der Waals surface area contributed by atoms with E-state index >= 15 is 0 Å². The lowest BCUT2D eigenvalue weighted by Gasteiger charge is -2.03. The molecule has 1 N–H and O–H groups in total. The van der Waals surface area contributed by atoms with Crippen molar-refractivity contribution < 1.29 is 0 Å². The van der Waals surface area contributed by atoms with Crippen molar-refractivity contribution in [3.63, 3.8) is 0 Å².